The molecular weight excluding hydrogens is 268 g/mol. The predicted molar refractivity (Wildman–Crippen MR) is 80.6 cm³/mol. The Hall–Kier alpha value is -2.04. The molecule has 1 fully saturated rings. The van der Waals surface area contributed by atoms with Gasteiger partial charge in [0.15, 0.2) is 0 Å². The van der Waals surface area contributed by atoms with Crippen molar-refractivity contribution < 1.29 is 14.3 Å². The maximum Gasteiger partial charge on any atom is 0.236 e. The van der Waals surface area contributed by atoms with Crippen LogP contribution in [0.2, 0.25) is 0 Å². The Morgan fingerprint density at radius 2 is 1.95 bits per heavy atom. The number of imide groups is 1. The van der Waals surface area contributed by atoms with E-state index in [4.69, 9.17) is 10.5 Å². The molecule has 1 heterocycles. The first-order valence-corrected chi connectivity index (χ1v) is 7.24. The first kappa shape index (κ1) is 15.4. The number of carbonyl (C=O) groups excluding carboxylic acids is 2. The van der Waals surface area contributed by atoms with Gasteiger partial charge in [0, 0.05) is 17.7 Å². The van der Waals surface area contributed by atoms with Crippen LogP contribution in [0.1, 0.15) is 38.7 Å². The van der Waals surface area contributed by atoms with E-state index in [1.807, 2.05) is 13.8 Å². The molecule has 0 saturated carbocycles. The van der Waals surface area contributed by atoms with E-state index in [0.717, 1.165) is 5.56 Å². The lowest BCUT2D eigenvalue weighted by molar-refractivity contribution is -0.142. The number of benzene rings is 1. The lowest BCUT2D eigenvalue weighted by atomic mass is 9.81. The normalized spacial score (nSPS) is 17.4. The highest BCUT2D eigenvalue weighted by molar-refractivity contribution is 6.05. The number of likely N-dealkylation sites (tertiary alicyclic amines) is 1. The number of methoxy groups -OCH3 is 1. The second-order valence-corrected chi connectivity index (χ2v) is 5.52. The monoisotopic (exact) mass is 290 g/mol. The van der Waals surface area contributed by atoms with E-state index in [9.17, 15) is 9.59 Å². The molecule has 0 aliphatic carbocycles. The lowest BCUT2D eigenvalue weighted by Gasteiger charge is -2.24. The third-order valence-corrected chi connectivity index (χ3v) is 4.48. The fraction of sp³-hybridized carbons (Fsp3) is 0.500. The molecule has 0 bridgehead atoms. The Balaban J connectivity index is 2.30. The fourth-order valence-corrected chi connectivity index (χ4v) is 2.91. The summed E-state index contributed by atoms with van der Waals surface area (Å²) in [6.45, 7) is 4.13. The summed E-state index contributed by atoms with van der Waals surface area (Å²) < 4.78 is 5.28. The van der Waals surface area contributed by atoms with Gasteiger partial charge in [-0.25, -0.2) is 0 Å². The molecule has 0 atom stereocenters. The molecule has 2 amide bonds. The topological polar surface area (TPSA) is 72.6 Å². The maximum atomic E-state index is 12.6. The zero-order valence-corrected chi connectivity index (χ0v) is 12.8. The van der Waals surface area contributed by atoms with E-state index < -0.39 is 5.41 Å². The van der Waals surface area contributed by atoms with Crippen molar-refractivity contribution in [2.75, 3.05) is 12.8 Å². The molecule has 21 heavy (non-hydrogen) atoms. The summed E-state index contributed by atoms with van der Waals surface area (Å²) in [5.41, 5.74) is 6.59. The number of anilines is 1. The molecule has 1 saturated heterocycles. The van der Waals surface area contributed by atoms with Gasteiger partial charge in [0.2, 0.25) is 11.8 Å². The number of nitrogen functional groups attached to an aromatic ring is 1. The van der Waals surface area contributed by atoms with E-state index in [1.54, 1.807) is 25.3 Å². The summed E-state index contributed by atoms with van der Waals surface area (Å²) in [5.74, 6) is 0.436. The molecule has 0 unspecified atom stereocenters. The number of nitrogens with zero attached hydrogens (tertiary/aromatic N) is 1. The van der Waals surface area contributed by atoms with Crippen molar-refractivity contribution in [2.24, 2.45) is 5.41 Å². The molecule has 0 radical (unpaired) electrons. The van der Waals surface area contributed by atoms with E-state index in [2.05, 4.69) is 0 Å². The molecule has 2 N–H and O–H groups in total. The van der Waals surface area contributed by atoms with Crippen LogP contribution < -0.4 is 10.5 Å². The minimum Gasteiger partial charge on any atom is -0.496 e. The molecule has 2 rings (SSSR count). The van der Waals surface area contributed by atoms with Gasteiger partial charge in [-0.1, -0.05) is 13.8 Å². The van der Waals surface area contributed by atoms with Crippen molar-refractivity contribution in [3.8, 4) is 5.75 Å². The molecule has 5 nitrogen and oxygen atoms in total. The molecular formula is C16H22N2O3. The third-order valence-electron chi connectivity index (χ3n) is 4.48. The number of rotatable bonds is 5. The van der Waals surface area contributed by atoms with Gasteiger partial charge in [0.25, 0.3) is 0 Å². The fourth-order valence-electron chi connectivity index (χ4n) is 2.91. The van der Waals surface area contributed by atoms with Gasteiger partial charge in [-0.15, -0.1) is 0 Å². The molecule has 1 aromatic rings. The molecule has 1 aliphatic heterocycles. The zero-order chi connectivity index (χ0) is 15.6. The first-order chi connectivity index (χ1) is 9.97. The van der Waals surface area contributed by atoms with Gasteiger partial charge in [-0.05, 0) is 31.0 Å². The summed E-state index contributed by atoms with van der Waals surface area (Å²) >= 11 is 0. The Labute approximate surface area is 125 Å². The van der Waals surface area contributed by atoms with Gasteiger partial charge < -0.3 is 10.5 Å². The SMILES string of the molecule is CCC1(CC)CC(=O)N(Cc2cc(N)ccc2OC)C1=O. The average Bonchev–Trinajstić information content (AvgIpc) is 2.72. The number of nitrogens with two attached hydrogens (primary N) is 1. The average molecular weight is 290 g/mol. The highest BCUT2D eigenvalue weighted by atomic mass is 16.5. The van der Waals surface area contributed by atoms with Gasteiger partial charge in [0.05, 0.1) is 19.1 Å². The van der Waals surface area contributed by atoms with Crippen molar-refractivity contribution >= 4 is 17.5 Å². The molecule has 114 valence electrons. The Morgan fingerprint density at radius 1 is 1.29 bits per heavy atom. The minimum atomic E-state index is -0.537. The number of ether oxygens (including phenoxy) is 1. The molecule has 1 aliphatic rings. The molecule has 1 aromatic carbocycles. The van der Waals surface area contributed by atoms with Crippen LogP contribution in [0.5, 0.6) is 5.75 Å². The lowest BCUT2D eigenvalue weighted by Crippen LogP contribution is -2.34. The highest BCUT2D eigenvalue weighted by Crippen LogP contribution is 2.40. The maximum absolute atomic E-state index is 12.6. The number of hydrogen-bond acceptors (Lipinski definition) is 4. The van der Waals surface area contributed by atoms with E-state index in [0.29, 0.717) is 30.7 Å². The van der Waals surface area contributed by atoms with Crippen LogP contribution in [-0.2, 0) is 16.1 Å². The standard InChI is InChI=1S/C16H22N2O3/c1-4-16(5-2)9-14(19)18(15(16)20)10-11-8-12(17)6-7-13(11)21-3/h6-8H,4-5,9-10,17H2,1-3H3. The second-order valence-electron chi connectivity index (χ2n) is 5.52. The van der Waals surface area contributed by atoms with Gasteiger partial charge in [0.1, 0.15) is 5.75 Å². The Bertz CT molecular complexity index is 565. The van der Waals surface area contributed by atoms with Crippen molar-refractivity contribution in [1.82, 2.24) is 4.90 Å². The summed E-state index contributed by atoms with van der Waals surface area (Å²) in [6, 6.07) is 5.23. The number of amides is 2. The third kappa shape index (κ3) is 2.60. The van der Waals surface area contributed by atoms with Crippen molar-refractivity contribution in [3.05, 3.63) is 23.8 Å². The van der Waals surface area contributed by atoms with Crippen LogP contribution in [0.3, 0.4) is 0 Å². The predicted octanol–water partition coefficient (Wildman–Crippen LogP) is 2.34. The van der Waals surface area contributed by atoms with Crippen LogP contribution >= 0.6 is 0 Å². The number of carbonyl (C=O) groups is 2. The van der Waals surface area contributed by atoms with Gasteiger partial charge in [-0.2, -0.15) is 0 Å². The Kier molecular flexibility index (Phi) is 4.21. The quantitative estimate of drug-likeness (QED) is 0.667. The second kappa shape index (κ2) is 5.76. The van der Waals surface area contributed by atoms with E-state index in [1.165, 1.54) is 4.90 Å². The van der Waals surface area contributed by atoms with Crippen molar-refractivity contribution in [2.45, 2.75) is 39.7 Å². The van der Waals surface area contributed by atoms with Crippen LogP contribution in [0, 0.1) is 5.41 Å². The van der Waals surface area contributed by atoms with Crippen molar-refractivity contribution in [1.29, 1.82) is 0 Å². The zero-order valence-electron chi connectivity index (χ0n) is 12.8. The summed E-state index contributed by atoms with van der Waals surface area (Å²) in [5, 5.41) is 0. The van der Waals surface area contributed by atoms with Crippen LogP contribution in [0.25, 0.3) is 0 Å². The number of hydrogen-bond donors (Lipinski definition) is 1. The summed E-state index contributed by atoms with van der Waals surface area (Å²) in [6.07, 6.45) is 1.65. The molecule has 5 heteroatoms. The highest BCUT2D eigenvalue weighted by Gasteiger charge is 2.48. The minimum absolute atomic E-state index is 0.0815. The molecule has 0 aromatic heterocycles. The summed E-state index contributed by atoms with van der Waals surface area (Å²) in [4.78, 5) is 26.2. The van der Waals surface area contributed by atoms with E-state index in [-0.39, 0.29) is 18.4 Å². The Morgan fingerprint density at radius 3 is 2.48 bits per heavy atom. The van der Waals surface area contributed by atoms with Crippen LogP contribution in [-0.4, -0.2) is 23.8 Å². The van der Waals surface area contributed by atoms with Crippen LogP contribution in [0.15, 0.2) is 18.2 Å². The first-order valence-electron chi connectivity index (χ1n) is 7.24. The smallest absolute Gasteiger partial charge is 0.236 e. The van der Waals surface area contributed by atoms with Crippen molar-refractivity contribution in [3.63, 3.8) is 0 Å². The van der Waals surface area contributed by atoms with Gasteiger partial charge in [-0.3, -0.25) is 14.5 Å². The largest absolute Gasteiger partial charge is 0.496 e. The summed E-state index contributed by atoms with van der Waals surface area (Å²) in [7, 11) is 1.56. The molecule has 0 spiro atoms. The van der Waals surface area contributed by atoms with Gasteiger partial charge >= 0.3 is 0 Å². The van der Waals surface area contributed by atoms with Crippen LogP contribution in [0.4, 0.5) is 5.69 Å². The van der Waals surface area contributed by atoms with E-state index >= 15 is 0 Å².